The van der Waals surface area contributed by atoms with Gasteiger partial charge in [0.25, 0.3) is 0 Å². The van der Waals surface area contributed by atoms with Crippen molar-refractivity contribution in [2.24, 2.45) is 0 Å². The minimum absolute atomic E-state index is 0. The number of amides is 1. The predicted molar refractivity (Wildman–Crippen MR) is 84.0 cm³/mol. The molecule has 1 aromatic rings. The van der Waals surface area contributed by atoms with Crippen molar-refractivity contribution in [1.82, 2.24) is 15.5 Å². The molecule has 1 aromatic carbocycles. The van der Waals surface area contributed by atoms with Gasteiger partial charge >= 0.3 is 0 Å². The highest BCUT2D eigenvalue weighted by Crippen LogP contribution is 2.09. The number of likely N-dealkylation sites (tertiary alicyclic amines) is 1. The number of carbonyl (C=O) groups is 1. The molecular weight excluding hydrogens is 293 g/mol. The van der Waals surface area contributed by atoms with E-state index in [9.17, 15) is 9.18 Å². The SMILES string of the molecule is CNC1CCN(CC(=O)NCc2ccc(F)cc2)CC1.Cl. The fourth-order valence-corrected chi connectivity index (χ4v) is 2.44. The van der Waals surface area contributed by atoms with Crippen molar-refractivity contribution in [3.05, 3.63) is 35.6 Å². The van der Waals surface area contributed by atoms with Crippen molar-refractivity contribution >= 4 is 18.3 Å². The summed E-state index contributed by atoms with van der Waals surface area (Å²) in [5.41, 5.74) is 0.911. The fraction of sp³-hybridized carbons (Fsp3) is 0.533. The summed E-state index contributed by atoms with van der Waals surface area (Å²) in [5.74, 6) is -0.232. The van der Waals surface area contributed by atoms with Gasteiger partial charge in [0.05, 0.1) is 6.54 Å². The summed E-state index contributed by atoms with van der Waals surface area (Å²) in [7, 11) is 1.98. The molecule has 21 heavy (non-hydrogen) atoms. The summed E-state index contributed by atoms with van der Waals surface area (Å²) in [4.78, 5) is 14.0. The summed E-state index contributed by atoms with van der Waals surface area (Å²) >= 11 is 0. The highest BCUT2D eigenvalue weighted by atomic mass is 35.5. The zero-order chi connectivity index (χ0) is 14.4. The summed E-state index contributed by atoms with van der Waals surface area (Å²) in [6, 6.07) is 6.77. The van der Waals surface area contributed by atoms with Crippen molar-refractivity contribution in [2.45, 2.75) is 25.4 Å². The fourth-order valence-electron chi connectivity index (χ4n) is 2.44. The van der Waals surface area contributed by atoms with Crippen molar-refractivity contribution in [1.29, 1.82) is 0 Å². The highest BCUT2D eigenvalue weighted by Gasteiger charge is 2.19. The Bertz CT molecular complexity index is 433. The third-order valence-corrected chi connectivity index (χ3v) is 3.77. The van der Waals surface area contributed by atoms with E-state index >= 15 is 0 Å². The topological polar surface area (TPSA) is 44.4 Å². The van der Waals surface area contributed by atoms with E-state index in [4.69, 9.17) is 0 Å². The molecule has 1 amide bonds. The van der Waals surface area contributed by atoms with E-state index in [-0.39, 0.29) is 24.1 Å². The van der Waals surface area contributed by atoms with Crippen LogP contribution in [-0.4, -0.2) is 43.5 Å². The van der Waals surface area contributed by atoms with Crippen LogP contribution in [0.4, 0.5) is 4.39 Å². The van der Waals surface area contributed by atoms with Gasteiger partial charge in [0.15, 0.2) is 0 Å². The molecule has 0 atom stereocenters. The molecule has 6 heteroatoms. The number of benzene rings is 1. The van der Waals surface area contributed by atoms with Gasteiger partial charge in [0.1, 0.15) is 5.82 Å². The number of nitrogens with zero attached hydrogens (tertiary/aromatic N) is 1. The highest BCUT2D eigenvalue weighted by molar-refractivity contribution is 5.85. The molecule has 0 aliphatic carbocycles. The van der Waals surface area contributed by atoms with E-state index in [1.807, 2.05) is 7.05 Å². The maximum absolute atomic E-state index is 12.8. The normalized spacial score (nSPS) is 16.3. The molecule has 0 spiro atoms. The number of hydrogen-bond donors (Lipinski definition) is 2. The average Bonchev–Trinajstić information content (AvgIpc) is 2.47. The van der Waals surface area contributed by atoms with E-state index in [1.165, 1.54) is 12.1 Å². The van der Waals surface area contributed by atoms with E-state index in [2.05, 4.69) is 15.5 Å². The minimum Gasteiger partial charge on any atom is -0.351 e. The first-order chi connectivity index (χ1) is 9.67. The Morgan fingerprint density at radius 1 is 1.29 bits per heavy atom. The van der Waals surface area contributed by atoms with E-state index < -0.39 is 0 Å². The van der Waals surface area contributed by atoms with Gasteiger partial charge in [-0.3, -0.25) is 9.69 Å². The zero-order valence-electron chi connectivity index (χ0n) is 12.3. The molecule has 2 rings (SSSR count). The molecule has 1 saturated heterocycles. The van der Waals surface area contributed by atoms with Crippen LogP contribution >= 0.6 is 12.4 Å². The molecule has 1 aliphatic rings. The van der Waals surface area contributed by atoms with Crippen LogP contribution in [0.2, 0.25) is 0 Å². The third-order valence-electron chi connectivity index (χ3n) is 3.77. The van der Waals surface area contributed by atoms with Gasteiger partial charge in [-0.25, -0.2) is 4.39 Å². The number of halogens is 2. The molecule has 0 saturated carbocycles. The Kier molecular flexibility index (Phi) is 7.64. The molecule has 118 valence electrons. The van der Waals surface area contributed by atoms with E-state index in [0.29, 0.717) is 19.1 Å². The van der Waals surface area contributed by atoms with Crippen molar-refractivity contribution in [2.75, 3.05) is 26.7 Å². The summed E-state index contributed by atoms with van der Waals surface area (Å²) in [5, 5.41) is 6.14. The number of hydrogen-bond acceptors (Lipinski definition) is 3. The molecule has 1 aliphatic heterocycles. The Morgan fingerprint density at radius 3 is 2.48 bits per heavy atom. The Morgan fingerprint density at radius 2 is 1.90 bits per heavy atom. The van der Waals surface area contributed by atoms with Crippen LogP contribution in [0, 0.1) is 5.82 Å². The lowest BCUT2D eigenvalue weighted by Crippen LogP contribution is -2.45. The van der Waals surface area contributed by atoms with Gasteiger partial charge in [-0.15, -0.1) is 12.4 Å². The maximum atomic E-state index is 12.8. The van der Waals surface area contributed by atoms with Gasteiger partial charge in [-0.2, -0.15) is 0 Å². The summed E-state index contributed by atoms with van der Waals surface area (Å²) < 4.78 is 12.8. The second-order valence-corrected chi connectivity index (χ2v) is 5.24. The molecule has 0 bridgehead atoms. The van der Waals surface area contributed by atoms with Gasteiger partial charge in [0.2, 0.25) is 5.91 Å². The summed E-state index contributed by atoms with van der Waals surface area (Å²) in [6.07, 6.45) is 2.17. The number of carbonyl (C=O) groups excluding carboxylic acids is 1. The van der Waals surface area contributed by atoms with Crippen LogP contribution in [0.25, 0.3) is 0 Å². The third kappa shape index (κ3) is 5.99. The minimum atomic E-state index is -0.257. The Balaban J connectivity index is 0.00000220. The smallest absolute Gasteiger partial charge is 0.234 e. The molecule has 0 radical (unpaired) electrons. The molecule has 2 N–H and O–H groups in total. The van der Waals surface area contributed by atoms with Crippen molar-refractivity contribution < 1.29 is 9.18 Å². The largest absolute Gasteiger partial charge is 0.351 e. The molecule has 4 nitrogen and oxygen atoms in total. The van der Waals surface area contributed by atoms with Crippen LogP contribution in [-0.2, 0) is 11.3 Å². The zero-order valence-corrected chi connectivity index (χ0v) is 13.1. The molecule has 1 fully saturated rings. The molecule has 0 aromatic heterocycles. The Hall–Kier alpha value is -1.17. The van der Waals surface area contributed by atoms with Gasteiger partial charge in [0, 0.05) is 25.7 Å². The quantitative estimate of drug-likeness (QED) is 0.866. The van der Waals surface area contributed by atoms with Gasteiger partial charge in [-0.1, -0.05) is 12.1 Å². The first kappa shape index (κ1) is 17.9. The lowest BCUT2D eigenvalue weighted by atomic mass is 10.1. The first-order valence-electron chi connectivity index (χ1n) is 7.08. The molecular formula is C15H23ClFN3O. The van der Waals surface area contributed by atoms with Crippen LogP contribution in [0.1, 0.15) is 18.4 Å². The lowest BCUT2D eigenvalue weighted by molar-refractivity contribution is -0.122. The van der Waals surface area contributed by atoms with Crippen LogP contribution in [0.15, 0.2) is 24.3 Å². The van der Waals surface area contributed by atoms with Crippen LogP contribution < -0.4 is 10.6 Å². The van der Waals surface area contributed by atoms with Crippen LogP contribution in [0.3, 0.4) is 0 Å². The second kappa shape index (κ2) is 8.97. The summed E-state index contributed by atoms with van der Waals surface area (Å²) in [6.45, 7) is 2.80. The maximum Gasteiger partial charge on any atom is 0.234 e. The standard InChI is InChI=1S/C15H22FN3O.ClH/c1-17-14-6-8-19(9-7-14)11-15(20)18-10-12-2-4-13(16)5-3-12;/h2-5,14,17H,6-11H2,1H3,(H,18,20);1H. The number of piperidine rings is 1. The first-order valence-corrected chi connectivity index (χ1v) is 7.08. The predicted octanol–water partition coefficient (Wildman–Crippen LogP) is 1.55. The molecule has 1 heterocycles. The monoisotopic (exact) mass is 315 g/mol. The Labute approximate surface area is 131 Å². The van der Waals surface area contributed by atoms with Crippen molar-refractivity contribution in [3.63, 3.8) is 0 Å². The number of nitrogens with one attached hydrogen (secondary N) is 2. The van der Waals surface area contributed by atoms with Crippen molar-refractivity contribution in [3.8, 4) is 0 Å². The number of rotatable bonds is 5. The average molecular weight is 316 g/mol. The van der Waals surface area contributed by atoms with E-state index in [0.717, 1.165) is 31.5 Å². The molecule has 0 unspecified atom stereocenters. The second-order valence-electron chi connectivity index (χ2n) is 5.24. The lowest BCUT2D eigenvalue weighted by Gasteiger charge is -2.31. The van der Waals surface area contributed by atoms with Gasteiger partial charge < -0.3 is 10.6 Å². The van der Waals surface area contributed by atoms with Crippen LogP contribution in [0.5, 0.6) is 0 Å². The van der Waals surface area contributed by atoms with Gasteiger partial charge in [-0.05, 0) is 37.6 Å². The van der Waals surface area contributed by atoms with E-state index in [1.54, 1.807) is 12.1 Å².